The van der Waals surface area contributed by atoms with Crippen LogP contribution < -0.4 is 0 Å². The summed E-state index contributed by atoms with van der Waals surface area (Å²) >= 11 is 0. The molecule has 3 heteroatoms. The lowest BCUT2D eigenvalue weighted by Crippen LogP contribution is -1.93. The summed E-state index contributed by atoms with van der Waals surface area (Å²) in [5.41, 5.74) is 0. The summed E-state index contributed by atoms with van der Waals surface area (Å²) in [6.07, 6.45) is 0. The fourth-order valence-corrected chi connectivity index (χ4v) is 0.538. The van der Waals surface area contributed by atoms with Crippen molar-refractivity contribution in [3.05, 3.63) is 23.9 Å². The molecule has 0 fully saturated rings. The predicted octanol–water partition coefficient (Wildman–Crippen LogP) is 1.99. The highest BCUT2D eigenvalue weighted by molar-refractivity contribution is 5.18. The summed E-state index contributed by atoms with van der Waals surface area (Å²) < 4.78 is 21.7. The molecule has 2 nitrogen and oxygen atoms in total. The number of hydrogen-bond donors (Lipinski definition) is 0. The van der Waals surface area contributed by atoms with Crippen LogP contribution in [0.2, 0.25) is 0 Å². The van der Waals surface area contributed by atoms with Gasteiger partial charge in [-0.15, -0.1) is 0 Å². The van der Waals surface area contributed by atoms with Crippen LogP contribution in [0, 0.1) is 0 Å². The first-order valence-electron chi connectivity index (χ1n) is 2.77. The SMILES string of the molecule is C=C(F)/C(OC)=C(\C)OC. The van der Waals surface area contributed by atoms with Crippen LogP contribution in [-0.4, -0.2) is 14.2 Å². The van der Waals surface area contributed by atoms with E-state index in [1.807, 2.05) is 0 Å². The molecule has 0 atom stereocenters. The predicted molar refractivity (Wildman–Crippen MR) is 37.0 cm³/mol. The highest BCUT2D eigenvalue weighted by Crippen LogP contribution is 2.14. The molecule has 0 aromatic carbocycles. The largest absolute Gasteiger partial charge is 0.497 e. The van der Waals surface area contributed by atoms with Crippen molar-refractivity contribution in [3.63, 3.8) is 0 Å². The first kappa shape index (κ1) is 9.01. The minimum atomic E-state index is -0.623. The quantitative estimate of drug-likeness (QED) is 0.447. The van der Waals surface area contributed by atoms with E-state index in [-0.39, 0.29) is 5.76 Å². The number of ether oxygens (including phenoxy) is 2. The third kappa shape index (κ3) is 2.09. The molecule has 58 valence electrons. The molecule has 10 heavy (non-hydrogen) atoms. The van der Waals surface area contributed by atoms with Gasteiger partial charge in [-0.2, -0.15) is 0 Å². The van der Waals surface area contributed by atoms with E-state index >= 15 is 0 Å². The third-order valence-corrected chi connectivity index (χ3v) is 1.08. The van der Waals surface area contributed by atoms with Crippen LogP contribution in [0.1, 0.15) is 6.92 Å². The first-order valence-corrected chi connectivity index (χ1v) is 2.77. The molecule has 0 aliphatic heterocycles. The Morgan fingerprint density at radius 2 is 1.80 bits per heavy atom. The van der Waals surface area contributed by atoms with Crippen LogP contribution in [-0.2, 0) is 9.47 Å². The Kier molecular flexibility index (Phi) is 3.54. The molecule has 0 bridgehead atoms. The monoisotopic (exact) mass is 146 g/mol. The molecule has 0 saturated heterocycles. The van der Waals surface area contributed by atoms with Crippen LogP contribution in [0.5, 0.6) is 0 Å². The van der Waals surface area contributed by atoms with Gasteiger partial charge in [-0.3, -0.25) is 0 Å². The number of allylic oxidation sites excluding steroid dienone is 2. The molecular formula is C7H11FO2. The fourth-order valence-electron chi connectivity index (χ4n) is 0.538. The Bertz CT molecular complexity index is 161. The normalized spacial score (nSPS) is 12.0. The maximum absolute atomic E-state index is 12.3. The zero-order valence-corrected chi connectivity index (χ0v) is 6.40. The van der Waals surface area contributed by atoms with Crippen LogP contribution in [0.3, 0.4) is 0 Å². The molecule has 0 amide bonds. The number of methoxy groups -OCH3 is 2. The van der Waals surface area contributed by atoms with E-state index in [1.54, 1.807) is 6.92 Å². The molecule has 0 radical (unpaired) electrons. The highest BCUT2D eigenvalue weighted by atomic mass is 19.1. The summed E-state index contributed by atoms with van der Waals surface area (Å²) in [6, 6.07) is 0. The average molecular weight is 146 g/mol. The van der Waals surface area contributed by atoms with Gasteiger partial charge in [0.05, 0.1) is 14.2 Å². The topological polar surface area (TPSA) is 18.5 Å². The molecule has 0 aliphatic rings. The number of halogens is 1. The standard InChI is InChI=1S/C7H11FO2/c1-5(8)7(10-4)6(2)9-3/h1H2,2-4H3/b7-6-. The van der Waals surface area contributed by atoms with Crippen molar-refractivity contribution in [2.45, 2.75) is 6.92 Å². The minimum Gasteiger partial charge on any atom is -0.497 e. The third-order valence-electron chi connectivity index (χ3n) is 1.08. The maximum atomic E-state index is 12.3. The highest BCUT2D eigenvalue weighted by Gasteiger charge is 2.05. The average Bonchev–Trinajstić information content (AvgIpc) is 1.88. The lowest BCUT2D eigenvalue weighted by atomic mass is 10.4. The van der Waals surface area contributed by atoms with E-state index in [9.17, 15) is 4.39 Å². The van der Waals surface area contributed by atoms with Gasteiger partial charge in [0.25, 0.3) is 0 Å². The van der Waals surface area contributed by atoms with Gasteiger partial charge < -0.3 is 9.47 Å². The Hall–Kier alpha value is -0.990. The van der Waals surface area contributed by atoms with Gasteiger partial charge in [0.2, 0.25) is 0 Å². The number of hydrogen-bond acceptors (Lipinski definition) is 2. The van der Waals surface area contributed by atoms with E-state index in [4.69, 9.17) is 4.74 Å². The van der Waals surface area contributed by atoms with Crippen molar-refractivity contribution in [1.82, 2.24) is 0 Å². The molecule has 0 N–H and O–H groups in total. The van der Waals surface area contributed by atoms with Gasteiger partial charge in [0, 0.05) is 0 Å². The molecule has 0 rings (SSSR count). The lowest BCUT2D eigenvalue weighted by molar-refractivity contribution is 0.219. The van der Waals surface area contributed by atoms with Crippen molar-refractivity contribution in [2.24, 2.45) is 0 Å². The molecule has 0 aromatic heterocycles. The van der Waals surface area contributed by atoms with Gasteiger partial charge in [0.1, 0.15) is 5.76 Å². The zero-order valence-electron chi connectivity index (χ0n) is 6.40. The van der Waals surface area contributed by atoms with Crippen LogP contribution >= 0.6 is 0 Å². The second kappa shape index (κ2) is 3.93. The van der Waals surface area contributed by atoms with Crippen molar-refractivity contribution in [2.75, 3.05) is 14.2 Å². The first-order chi connectivity index (χ1) is 4.63. The summed E-state index contributed by atoms with van der Waals surface area (Å²) in [5, 5.41) is 0. The molecule has 0 aliphatic carbocycles. The van der Waals surface area contributed by atoms with Crippen molar-refractivity contribution in [1.29, 1.82) is 0 Å². The molecule has 0 aromatic rings. The molecule has 0 spiro atoms. The zero-order chi connectivity index (χ0) is 8.15. The van der Waals surface area contributed by atoms with E-state index in [2.05, 4.69) is 11.3 Å². The van der Waals surface area contributed by atoms with Crippen molar-refractivity contribution < 1.29 is 13.9 Å². The summed E-state index contributed by atoms with van der Waals surface area (Å²) in [7, 11) is 2.81. The van der Waals surface area contributed by atoms with Gasteiger partial charge in [-0.25, -0.2) is 4.39 Å². The lowest BCUT2D eigenvalue weighted by Gasteiger charge is -2.05. The summed E-state index contributed by atoms with van der Waals surface area (Å²) in [4.78, 5) is 0. The molecular weight excluding hydrogens is 135 g/mol. The molecule has 0 unspecified atom stereocenters. The van der Waals surface area contributed by atoms with Crippen LogP contribution in [0.15, 0.2) is 23.9 Å². The van der Waals surface area contributed by atoms with Crippen LogP contribution in [0.25, 0.3) is 0 Å². The van der Waals surface area contributed by atoms with Crippen LogP contribution in [0.4, 0.5) is 4.39 Å². The Morgan fingerprint density at radius 3 is 1.90 bits per heavy atom. The molecule has 0 saturated carbocycles. The Balaban J connectivity index is 4.45. The van der Waals surface area contributed by atoms with Gasteiger partial charge in [0.15, 0.2) is 11.6 Å². The van der Waals surface area contributed by atoms with E-state index in [0.717, 1.165) is 0 Å². The Labute approximate surface area is 59.9 Å². The Morgan fingerprint density at radius 1 is 1.30 bits per heavy atom. The van der Waals surface area contributed by atoms with E-state index in [0.29, 0.717) is 5.76 Å². The summed E-state index contributed by atoms with van der Waals surface area (Å²) in [6.45, 7) is 4.67. The van der Waals surface area contributed by atoms with Gasteiger partial charge >= 0.3 is 0 Å². The second-order valence-electron chi connectivity index (χ2n) is 1.70. The van der Waals surface area contributed by atoms with Crippen molar-refractivity contribution >= 4 is 0 Å². The van der Waals surface area contributed by atoms with E-state index in [1.165, 1.54) is 14.2 Å². The minimum absolute atomic E-state index is 0.0579. The fraction of sp³-hybridized carbons (Fsp3) is 0.429. The summed E-state index contributed by atoms with van der Waals surface area (Å²) in [5.74, 6) is -0.181. The van der Waals surface area contributed by atoms with Gasteiger partial charge in [-0.05, 0) is 6.92 Å². The molecule has 0 heterocycles. The number of rotatable bonds is 3. The van der Waals surface area contributed by atoms with Crippen molar-refractivity contribution in [3.8, 4) is 0 Å². The smallest absolute Gasteiger partial charge is 0.191 e. The second-order valence-corrected chi connectivity index (χ2v) is 1.70. The van der Waals surface area contributed by atoms with Gasteiger partial charge in [-0.1, -0.05) is 6.58 Å². The maximum Gasteiger partial charge on any atom is 0.191 e. The van der Waals surface area contributed by atoms with E-state index < -0.39 is 5.83 Å².